The number of hydrogen-bond donors (Lipinski definition) is 1. The molecule has 0 fully saturated rings. The summed E-state index contributed by atoms with van der Waals surface area (Å²) >= 11 is 3.22. The zero-order valence-corrected chi connectivity index (χ0v) is 13.4. The predicted molar refractivity (Wildman–Crippen MR) is 86.4 cm³/mol. The van der Waals surface area contributed by atoms with E-state index in [9.17, 15) is 4.39 Å². The lowest BCUT2D eigenvalue weighted by Crippen LogP contribution is -2.10. The maximum absolute atomic E-state index is 13.3. The largest absolute Gasteiger partial charge is 0.493 e. The third-order valence-electron chi connectivity index (χ3n) is 3.78. The zero-order valence-electron chi connectivity index (χ0n) is 11.8. The Bertz CT molecular complexity index is 659. The summed E-state index contributed by atoms with van der Waals surface area (Å²) in [6.07, 6.45) is 1.93. The fourth-order valence-corrected chi connectivity index (χ4v) is 3.01. The second-order valence-corrected chi connectivity index (χ2v) is 6.05. The summed E-state index contributed by atoms with van der Waals surface area (Å²) < 4.78 is 19.3. The molecule has 1 N–H and O–H groups in total. The van der Waals surface area contributed by atoms with Gasteiger partial charge in [0.1, 0.15) is 11.6 Å². The lowest BCUT2D eigenvalue weighted by molar-refractivity contribution is 0.357. The minimum Gasteiger partial charge on any atom is -0.493 e. The van der Waals surface area contributed by atoms with Crippen molar-refractivity contribution in [2.45, 2.75) is 25.8 Å². The number of nitrogens with one attached hydrogen (secondary N) is 1. The van der Waals surface area contributed by atoms with Crippen LogP contribution in [0.15, 0.2) is 40.9 Å². The van der Waals surface area contributed by atoms with Crippen LogP contribution in [-0.2, 0) is 6.42 Å². The van der Waals surface area contributed by atoms with Crippen LogP contribution in [0.3, 0.4) is 0 Å². The Hall–Kier alpha value is -1.55. The monoisotopic (exact) mass is 349 g/mol. The van der Waals surface area contributed by atoms with E-state index >= 15 is 0 Å². The molecule has 2 aromatic rings. The minimum atomic E-state index is -0.247. The summed E-state index contributed by atoms with van der Waals surface area (Å²) in [5, 5.41) is 3.47. The molecule has 1 atom stereocenters. The number of ether oxygens (including phenoxy) is 1. The van der Waals surface area contributed by atoms with Gasteiger partial charge in [-0.15, -0.1) is 0 Å². The van der Waals surface area contributed by atoms with E-state index in [-0.39, 0.29) is 11.9 Å². The fraction of sp³-hybridized carbons (Fsp3) is 0.294. The normalized spacial score (nSPS) is 14.4. The molecule has 0 aromatic heterocycles. The van der Waals surface area contributed by atoms with Crippen LogP contribution in [-0.4, -0.2) is 6.61 Å². The van der Waals surface area contributed by atoms with Crippen LogP contribution in [0.1, 0.15) is 30.5 Å². The summed E-state index contributed by atoms with van der Waals surface area (Å²) in [6.45, 7) is 2.91. The number of anilines is 1. The summed E-state index contributed by atoms with van der Waals surface area (Å²) in [5.74, 6) is 0.751. The fourth-order valence-electron chi connectivity index (χ4n) is 2.63. The molecule has 0 amide bonds. The smallest absolute Gasteiger partial charge is 0.137 e. The summed E-state index contributed by atoms with van der Waals surface area (Å²) in [7, 11) is 0. The number of benzene rings is 2. The predicted octanol–water partition coefficient (Wildman–Crippen LogP) is 5.09. The molecule has 3 rings (SSSR count). The molecule has 0 radical (unpaired) electrons. The summed E-state index contributed by atoms with van der Waals surface area (Å²) in [4.78, 5) is 0. The first-order valence-electron chi connectivity index (χ1n) is 7.14. The quantitative estimate of drug-likeness (QED) is 0.830. The van der Waals surface area contributed by atoms with Gasteiger partial charge in [-0.1, -0.05) is 13.0 Å². The standard InChI is InChI=1S/C17H17BrFNO/c1-2-16(20-13-4-5-15(19)14(18)10-13)11-3-6-17-12(9-11)7-8-21-17/h3-6,9-10,16,20H,2,7-8H2,1H3. The van der Waals surface area contributed by atoms with E-state index < -0.39 is 0 Å². The average molecular weight is 350 g/mol. The molecule has 21 heavy (non-hydrogen) atoms. The summed E-state index contributed by atoms with van der Waals surface area (Å²) in [6, 6.07) is 11.6. The van der Waals surface area contributed by atoms with E-state index in [1.807, 2.05) is 6.07 Å². The van der Waals surface area contributed by atoms with Gasteiger partial charge in [0, 0.05) is 12.1 Å². The molecule has 0 saturated carbocycles. The maximum atomic E-state index is 13.3. The van der Waals surface area contributed by atoms with Gasteiger partial charge in [-0.05, 0) is 63.8 Å². The van der Waals surface area contributed by atoms with Gasteiger partial charge in [-0.3, -0.25) is 0 Å². The van der Waals surface area contributed by atoms with Crippen LogP contribution in [0.5, 0.6) is 5.75 Å². The molecular weight excluding hydrogens is 333 g/mol. The Balaban J connectivity index is 1.83. The Labute approximate surface area is 132 Å². The highest BCUT2D eigenvalue weighted by molar-refractivity contribution is 9.10. The van der Waals surface area contributed by atoms with Crippen molar-refractivity contribution in [1.29, 1.82) is 0 Å². The van der Waals surface area contributed by atoms with Crippen LogP contribution >= 0.6 is 15.9 Å². The molecule has 0 saturated heterocycles. The van der Waals surface area contributed by atoms with Crippen molar-refractivity contribution < 1.29 is 9.13 Å². The second kappa shape index (κ2) is 6.06. The molecule has 1 heterocycles. The van der Waals surface area contributed by atoms with E-state index in [1.165, 1.54) is 17.2 Å². The molecule has 1 unspecified atom stereocenters. The van der Waals surface area contributed by atoms with Crippen molar-refractivity contribution >= 4 is 21.6 Å². The van der Waals surface area contributed by atoms with Gasteiger partial charge in [0.25, 0.3) is 0 Å². The number of hydrogen-bond acceptors (Lipinski definition) is 2. The van der Waals surface area contributed by atoms with Crippen molar-refractivity contribution in [3.05, 3.63) is 57.8 Å². The molecule has 2 nitrogen and oxygen atoms in total. The van der Waals surface area contributed by atoms with Gasteiger partial charge < -0.3 is 10.1 Å². The van der Waals surface area contributed by atoms with E-state index in [2.05, 4.69) is 40.3 Å². The molecule has 1 aliphatic heterocycles. The lowest BCUT2D eigenvalue weighted by atomic mass is 10.0. The van der Waals surface area contributed by atoms with Crippen LogP contribution in [0.25, 0.3) is 0 Å². The first kappa shape index (κ1) is 14.4. The zero-order chi connectivity index (χ0) is 14.8. The van der Waals surface area contributed by atoms with Crippen LogP contribution < -0.4 is 10.1 Å². The van der Waals surface area contributed by atoms with Gasteiger partial charge in [0.2, 0.25) is 0 Å². The third kappa shape index (κ3) is 3.05. The van der Waals surface area contributed by atoms with Gasteiger partial charge >= 0.3 is 0 Å². The molecular formula is C17H17BrFNO. The molecule has 1 aliphatic rings. The van der Waals surface area contributed by atoms with E-state index in [1.54, 1.807) is 12.1 Å². The van der Waals surface area contributed by atoms with E-state index in [4.69, 9.17) is 4.74 Å². The Morgan fingerprint density at radius 3 is 2.90 bits per heavy atom. The molecule has 4 heteroatoms. The highest BCUT2D eigenvalue weighted by Gasteiger charge is 2.16. The molecule has 0 bridgehead atoms. The maximum Gasteiger partial charge on any atom is 0.137 e. The Morgan fingerprint density at radius 1 is 1.29 bits per heavy atom. The second-order valence-electron chi connectivity index (χ2n) is 5.20. The first-order valence-corrected chi connectivity index (χ1v) is 7.94. The van der Waals surface area contributed by atoms with Crippen LogP contribution in [0.4, 0.5) is 10.1 Å². The van der Waals surface area contributed by atoms with Crippen molar-refractivity contribution in [3.8, 4) is 5.75 Å². The van der Waals surface area contributed by atoms with E-state index in [0.717, 1.165) is 30.9 Å². The number of rotatable bonds is 4. The Kier molecular flexibility index (Phi) is 4.15. The van der Waals surface area contributed by atoms with Crippen LogP contribution in [0, 0.1) is 5.82 Å². The van der Waals surface area contributed by atoms with Gasteiger partial charge in [0.15, 0.2) is 0 Å². The lowest BCUT2D eigenvalue weighted by Gasteiger charge is -2.20. The topological polar surface area (TPSA) is 21.3 Å². The van der Waals surface area contributed by atoms with E-state index in [0.29, 0.717) is 4.47 Å². The third-order valence-corrected chi connectivity index (χ3v) is 4.39. The highest BCUT2D eigenvalue weighted by atomic mass is 79.9. The molecule has 110 valence electrons. The van der Waals surface area contributed by atoms with Crippen LogP contribution in [0.2, 0.25) is 0 Å². The summed E-state index contributed by atoms with van der Waals surface area (Å²) in [5.41, 5.74) is 3.42. The van der Waals surface area contributed by atoms with Crippen molar-refractivity contribution in [2.75, 3.05) is 11.9 Å². The molecule has 0 spiro atoms. The molecule has 2 aromatic carbocycles. The van der Waals surface area contributed by atoms with Gasteiger partial charge in [0.05, 0.1) is 17.1 Å². The van der Waals surface area contributed by atoms with Crippen molar-refractivity contribution in [2.24, 2.45) is 0 Å². The minimum absolute atomic E-state index is 0.202. The van der Waals surface area contributed by atoms with Gasteiger partial charge in [-0.25, -0.2) is 4.39 Å². The number of halogens is 2. The highest BCUT2D eigenvalue weighted by Crippen LogP contribution is 2.31. The number of fused-ring (bicyclic) bond motifs is 1. The average Bonchev–Trinajstić information content (AvgIpc) is 2.95. The van der Waals surface area contributed by atoms with Crippen molar-refractivity contribution in [3.63, 3.8) is 0 Å². The Morgan fingerprint density at radius 2 is 2.14 bits per heavy atom. The molecule has 0 aliphatic carbocycles. The van der Waals surface area contributed by atoms with Gasteiger partial charge in [-0.2, -0.15) is 0 Å². The SMILES string of the molecule is CCC(Nc1ccc(F)c(Br)c1)c1ccc2c(c1)CCO2. The first-order chi connectivity index (χ1) is 10.2. The van der Waals surface area contributed by atoms with Crippen molar-refractivity contribution in [1.82, 2.24) is 0 Å².